The summed E-state index contributed by atoms with van der Waals surface area (Å²) in [6.07, 6.45) is 0. The highest BCUT2D eigenvalue weighted by atomic mass is 16.5. The lowest BCUT2D eigenvalue weighted by molar-refractivity contribution is 0.409. The second-order valence-electron chi connectivity index (χ2n) is 7.88. The molecular weight excluding hydrogens is 350 g/mol. The van der Waals surface area contributed by atoms with Gasteiger partial charge in [-0.25, -0.2) is 4.79 Å². The van der Waals surface area contributed by atoms with E-state index in [1.54, 1.807) is 19.2 Å². The van der Waals surface area contributed by atoms with Gasteiger partial charge in [0, 0.05) is 30.1 Å². The molecule has 0 aliphatic carbocycles. The zero-order valence-electron chi connectivity index (χ0n) is 17.3. The van der Waals surface area contributed by atoms with Gasteiger partial charge in [0.15, 0.2) is 0 Å². The Morgan fingerprint density at radius 1 is 0.964 bits per heavy atom. The predicted octanol–water partition coefficient (Wildman–Crippen LogP) is 5.41. The number of hydrogen-bond acceptors (Lipinski definition) is 4. The molecule has 0 amide bonds. The second kappa shape index (κ2) is 8.61. The minimum Gasteiger partial charge on any atom is -0.497 e. The molecule has 0 aliphatic rings. The maximum Gasteiger partial charge on any atom is 0.336 e. The molecule has 4 heteroatoms. The third kappa shape index (κ3) is 4.45. The number of benzene rings is 2. The molecule has 0 spiro atoms. The van der Waals surface area contributed by atoms with Gasteiger partial charge in [-0.3, -0.25) is 0 Å². The molecule has 0 aliphatic heterocycles. The van der Waals surface area contributed by atoms with Crippen molar-refractivity contribution < 1.29 is 9.15 Å². The summed E-state index contributed by atoms with van der Waals surface area (Å²) in [5.74, 6) is 1.61. The highest BCUT2D eigenvalue weighted by molar-refractivity contribution is 5.81. The first kappa shape index (κ1) is 20.2. The van der Waals surface area contributed by atoms with E-state index in [2.05, 4.69) is 57.3 Å². The zero-order valence-corrected chi connectivity index (χ0v) is 17.3. The molecule has 0 saturated heterocycles. The van der Waals surface area contributed by atoms with Gasteiger partial charge in [-0.1, -0.05) is 52.0 Å². The number of ether oxygens (including phenoxy) is 1. The highest BCUT2D eigenvalue weighted by Gasteiger charge is 2.17. The minimum absolute atomic E-state index is 0.196. The Balaban J connectivity index is 1.87. The van der Waals surface area contributed by atoms with Crippen molar-refractivity contribution in [3.8, 4) is 5.75 Å². The van der Waals surface area contributed by atoms with Gasteiger partial charge in [-0.05, 0) is 40.7 Å². The molecule has 1 aromatic heterocycles. The Hall–Kier alpha value is -2.59. The fraction of sp³-hybridized carbons (Fsp3) is 0.375. The van der Waals surface area contributed by atoms with Crippen LogP contribution in [0.3, 0.4) is 0 Å². The maximum absolute atomic E-state index is 12.0. The lowest BCUT2D eigenvalue weighted by atomic mass is 9.93. The van der Waals surface area contributed by atoms with Crippen LogP contribution in [-0.4, -0.2) is 7.11 Å². The van der Waals surface area contributed by atoms with E-state index in [0.29, 0.717) is 29.7 Å². The first-order chi connectivity index (χ1) is 13.4. The standard InChI is InChI=1S/C24H29NO3/c1-15(2)17-6-8-18(9-7-17)24(16(3)4)25-14-19-12-23(26)28-22-13-20(27-5)10-11-21(19)22/h6-13,15-16,24-25H,14H2,1-5H3/t24-/m1/s1. The van der Waals surface area contributed by atoms with Crippen LogP contribution in [0.2, 0.25) is 0 Å². The molecule has 0 saturated carbocycles. The molecule has 28 heavy (non-hydrogen) atoms. The molecule has 4 nitrogen and oxygen atoms in total. The van der Waals surface area contributed by atoms with Crippen LogP contribution in [-0.2, 0) is 6.54 Å². The Labute approximate surface area is 166 Å². The number of nitrogens with one attached hydrogen (secondary N) is 1. The Kier molecular flexibility index (Phi) is 6.20. The van der Waals surface area contributed by atoms with Crippen LogP contribution in [0, 0.1) is 5.92 Å². The predicted molar refractivity (Wildman–Crippen MR) is 114 cm³/mol. The molecule has 1 atom stereocenters. The monoisotopic (exact) mass is 379 g/mol. The van der Waals surface area contributed by atoms with E-state index in [-0.39, 0.29) is 11.7 Å². The van der Waals surface area contributed by atoms with Crippen molar-refractivity contribution in [2.75, 3.05) is 7.11 Å². The molecule has 0 radical (unpaired) electrons. The molecule has 3 aromatic rings. The molecule has 0 bridgehead atoms. The minimum atomic E-state index is -0.347. The average molecular weight is 380 g/mol. The van der Waals surface area contributed by atoms with Gasteiger partial charge in [0.2, 0.25) is 0 Å². The summed E-state index contributed by atoms with van der Waals surface area (Å²) in [4.78, 5) is 12.0. The summed E-state index contributed by atoms with van der Waals surface area (Å²) in [7, 11) is 1.60. The lowest BCUT2D eigenvalue weighted by Crippen LogP contribution is -2.26. The molecule has 0 unspecified atom stereocenters. The quantitative estimate of drug-likeness (QED) is 0.558. The molecule has 1 heterocycles. The van der Waals surface area contributed by atoms with Gasteiger partial charge in [0.1, 0.15) is 11.3 Å². The summed E-state index contributed by atoms with van der Waals surface area (Å²) in [5, 5.41) is 4.56. The van der Waals surface area contributed by atoms with Crippen LogP contribution in [0.15, 0.2) is 57.7 Å². The van der Waals surface area contributed by atoms with Gasteiger partial charge < -0.3 is 14.5 Å². The third-order valence-electron chi connectivity index (χ3n) is 5.18. The number of rotatable bonds is 7. The van der Waals surface area contributed by atoms with Gasteiger partial charge in [0.25, 0.3) is 0 Å². The van der Waals surface area contributed by atoms with Crippen molar-refractivity contribution in [2.24, 2.45) is 5.92 Å². The van der Waals surface area contributed by atoms with E-state index in [4.69, 9.17) is 9.15 Å². The van der Waals surface area contributed by atoms with E-state index < -0.39 is 0 Å². The van der Waals surface area contributed by atoms with Crippen molar-refractivity contribution in [3.05, 3.63) is 75.6 Å². The summed E-state index contributed by atoms with van der Waals surface area (Å²) in [5.41, 5.74) is 3.73. The van der Waals surface area contributed by atoms with Crippen molar-refractivity contribution >= 4 is 11.0 Å². The summed E-state index contributed by atoms with van der Waals surface area (Å²) >= 11 is 0. The second-order valence-corrected chi connectivity index (χ2v) is 7.88. The molecule has 2 aromatic carbocycles. The summed E-state index contributed by atoms with van der Waals surface area (Å²) in [6.45, 7) is 9.40. The number of fused-ring (bicyclic) bond motifs is 1. The molecule has 1 N–H and O–H groups in total. The van der Waals surface area contributed by atoms with E-state index in [9.17, 15) is 4.79 Å². The average Bonchev–Trinajstić information content (AvgIpc) is 2.67. The van der Waals surface area contributed by atoms with Gasteiger partial charge >= 0.3 is 5.63 Å². The first-order valence-corrected chi connectivity index (χ1v) is 9.83. The summed E-state index contributed by atoms with van der Waals surface area (Å²) < 4.78 is 10.6. The van der Waals surface area contributed by atoms with E-state index >= 15 is 0 Å². The van der Waals surface area contributed by atoms with Crippen molar-refractivity contribution in [1.29, 1.82) is 0 Å². The molecular formula is C24H29NO3. The number of methoxy groups -OCH3 is 1. The van der Waals surface area contributed by atoms with Crippen LogP contribution in [0.1, 0.15) is 56.3 Å². The van der Waals surface area contributed by atoms with Crippen LogP contribution < -0.4 is 15.7 Å². The maximum atomic E-state index is 12.0. The molecule has 3 rings (SSSR count). The largest absolute Gasteiger partial charge is 0.497 e. The van der Waals surface area contributed by atoms with Crippen LogP contribution >= 0.6 is 0 Å². The summed E-state index contributed by atoms with van der Waals surface area (Å²) in [6, 6.07) is 16.2. The smallest absolute Gasteiger partial charge is 0.336 e. The molecule has 0 fully saturated rings. The zero-order chi connectivity index (χ0) is 20.3. The molecule has 148 valence electrons. The Morgan fingerprint density at radius 2 is 1.64 bits per heavy atom. The fourth-order valence-corrected chi connectivity index (χ4v) is 3.53. The lowest BCUT2D eigenvalue weighted by Gasteiger charge is -2.24. The highest BCUT2D eigenvalue weighted by Crippen LogP contribution is 2.26. The van der Waals surface area contributed by atoms with Crippen LogP contribution in [0.5, 0.6) is 5.75 Å². The van der Waals surface area contributed by atoms with Gasteiger partial charge in [0.05, 0.1) is 7.11 Å². The van der Waals surface area contributed by atoms with Crippen LogP contribution in [0.25, 0.3) is 11.0 Å². The van der Waals surface area contributed by atoms with Gasteiger partial charge in [-0.15, -0.1) is 0 Å². The fourth-order valence-electron chi connectivity index (χ4n) is 3.53. The Morgan fingerprint density at radius 3 is 2.25 bits per heavy atom. The third-order valence-corrected chi connectivity index (χ3v) is 5.18. The van der Waals surface area contributed by atoms with Crippen molar-refractivity contribution in [3.63, 3.8) is 0 Å². The number of hydrogen-bond donors (Lipinski definition) is 1. The topological polar surface area (TPSA) is 51.5 Å². The van der Waals surface area contributed by atoms with Crippen LogP contribution in [0.4, 0.5) is 0 Å². The van der Waals surface area contributed by atoms with Gasteiger partial charge in [-0.2, -0.15) is 0 Å². The SMILES string of the molecule is COc1ccc2c(CN[C@@H](c3ccc(C(C)C)cc3)C(C)C)cc(=O)oc2c1. The Bertz CT molecular complexity index is 987. The normalized spacial score (nSPS) is 12.7. The van der Waals surface area contributed by atoms with Crippen molar-refractivity contribution in [2.45, 2.75) is 46.2 Å². The van der Waals surface area contributed by atoms with E-state index in [1.165, 1.54) is 11.1 Å². The van der Waals surface area contributed by atoms with Crippen molar-refractivity contribution in [1.82, 2.24) is 5.32 Å². The first-order valence-electron chi connectivity index (χ1n) is 9.83. The van der Waals surface area contributed by atoms with E-state index in [1.807, 2.05) is 12.1 Å². The van der Waals surface area contributed by atoms with E-state index in [0.717, 1.165) is 10.9 Å².